The molecule has 1 unspecified atom stereocenters. The minimum Gasteiger partial charge on any atom is -0.370 e. The van der Waals surface area contributed by atoms with Crippen LogP contribution in [0.25, 0.3) is 0 Å². The van der Waals surface area contributed by atoms with Gasteiger partial charge in [-0.1, -0.05) is 18.2 Å². The van der Waals surface area contributed by atoms with Crippen LogP contribution in [0.3, 0.4) is 0 Å². The molecule has 0 fully saturated rings. The molecule has 0 saturated heterocycles. The SMILES string of the molecule is Cc1cccc(C(N)C2=NCCN2)c1[N+](=O)[O-].Cl. The van der Waals surface area contributed by atoms with Gasteiger partial charge in [-0.25, -0.2) is 0 Å². The van der Waals surface area contributed by atoms with Crippen LogP contribution in [0, 0.1) is 17.0 Å². The van der Waals surface area contributed by atoms with Crippen molar-refractivity contribution in [3.63, 3.8) is 0 Å². The van der Waals surface area contributed by atoms with Gasteiger partial charge in [0.15, 0.2) is 0 Å². The summed E-state index contributed by atoms with van der Waals surface area (Å²) in [5, 5.41) is 14.1. The van der Waals surface area contributed by atoms with Crippen molar-refractivity contribution in [3.8, 4) is 0 Å². The fourth-order valence-corrected chi connectivity index (χ4v) is 1.95. The van der Waals surface area contributed by atoms with Crippen LogP contribution in [-0.2, 0) is 0 Å². The Morgan fingerprint density at radius 1 is 1.56 bits per heavy atom. The standard InChI is InChI=1S/C11H14N4O2.ClH/c1-7-3-2-4-8(10(7)15(16)17)9(12)11-13-5-6-14-11;/h2-4,9H,5-6,12H2,1H3,(H,13,14);1H. The molecule has 1 aliphatic rings. The number of hydrogen-bond donors (Lipinski definition) is 2. The molecule has 1 heterocycles. The average Bonchev–Trinajstić information content (AvgIpc) is 2.80. The Hall–Kier alpha value is -1.66. The Morgan fingerprint density at radius 3 is 2.83 bits per heavy atom. The lowest BCUT2D eigenvalue weighted by Gasteiger charge is -2.13. The molecule has 18 heavy (non-hydrogen) atoms. The summed E-state index contributed by atoms with van der Waals surface area (Å²) < 4.78 is 0. The number of nitrogens with two attached hydrogens (primary N) is 1. The average molecular weight is 271 g/mol. The molecule has 6 nitrogen and oxygen atoms in total. The van der Waals surface area contributed by atoms with Gasteiger partial charge in [0, 0.05) is 12.1 Å². The van der Waals surface area contributed by atoms with E-state index in [1.165, 1.54) is 0 Å². The van der Waals surface area contributed by atoms with E-state index >= 15 is 0 Å². The Kier molecular flexibility index (Phi) is 4.63. The molecule has 2 rings (SSSR count). The van der Waals surface area contributed by atoms with Gasteiger partial charge in [0.25, 0.3) is 5.69 Å². The van der Waals surface area contributed by atoms with Crippen molar-refractivity contribution >= 4 is 23.9 Å². The van der Waals surface area contributed by atoms with Crippen LogP contribution in [0.5, 0.6) is 0 Å². The fraction of sp³-hybridized carbons (Fsp3) is 0.364. The van der Waals surface area contributed by atoms with Crippen molar-refractivity contribution in [2.45, 2.75) is 13.0 Å². The van der Waals surface area contributed by atoms with E-state index in [9.17, 15) is 10.1 Å². The maximum atomic E-state index is 11.1. The molecule has 0 radical (unpaired) electrons. The second-order valence-electron chi connectivity index (χ2n) is 3.94. The number of benzene rings is 1. The summed E-state index contributed by atoms with van der Waals surface area (Å²) in [6.45, 7) is 3.11. The number of nitrogens with zero attached hydrogens (tertiary/aromatic N) is 2. The van der Waals surface area contributed by atoms with Crippen LogP contribution < -0.4 is 11.1 Å². The lowest BCUT2D eigenvalue weighted by atomic mass is 10.0. The molecular formula is C11H15ClN4O2. The maximum Gasteiger partial charge on any atom is 0.277 e. The van der Waals surface area contributed by atoms with Gasteiger partial charge < -0.3 is 11.1 Å². The number of aliphatic imine (C=N–C) groups is 1. The predicted molar refractivity (Wildman–Crippen MR) is 72.3 cm³/mol. The maximum absolute atomic E-state index is 11.1. The third-order valence-corrected chi connectivity index (χ3v) is 2.78. The largest absolute Gasteiger partial charge is 0.370 e. The third kappa shape index (κ3) is 2.60. The highest BCUT2D eigenvalue weighted by Crippen LogP contribution is 2.28. The van der Waals surface area contributed by atoms with Gasteiger partial charge in [0.05, 0.1) is 23.1 Å². The highest BCUT2D eigenvalue weighted by Gasteiger charge is 2.25. The van der Waals surface area contributed by atoms with Gasteiger partial charge in [0.1, 0.15) is 5.84 Å². The van der Waals surface area contributed by atoms with Gasteiger partial charge in [-0.05, 0) is 6.92 Å². The number of nitro benzene ring substituents is 1. The van der Waals surface area contributed by atoms with Gasteiger partial charge in [-0.15, -0.1) is 12.4 Å². The molecule has 0 amide bonds. The molecule has 7 heteroatoms. The molecule has 0 aliphatic carbocycles. The van der Waals surface area contributed by atoms with Crippen LogP contribution in [-0.4, -0.2) is 23.8 Å². The van der Waals surface area contributed by atoms with Crippen LogP contribution in [0.4, 0.5) is 5.69 Å². The van der Waals surface area contributed by atoms with Crippen LogP contribution in [0.15, 0.2) is 23.2 Å². The Bertz CT molecular complexity index is 490. The van der Waals surface area contributed by atoms with E-state index in [4.69, 9.17) is 5.73 Å². The normalized spacial score (nSPS) is 15.3. The van der Waals surface area contributed by atoms with Crippen molar-refractivity contribution in [3.05, 3.63) is 39.4 Å². The topological polar surface area (TPSA) is 93.5 Å². The number of para-hydroxylation sites is 1. The Balaban J connectivity index is 0.00000162. The van der Waals surface area contributed by atoms with E-state index in [2.05, 4.69) is 10.3 Å². The summed E-state index contributed by atoms with van der Waals surface area (Å²) in [6, 6.07) is 4.60. The summed E-state index contributed by atoms with van der Waals surface area (Å²) in [6.07, 6.45) is 0. The molecule has 0 aromatic heterocycles. The number of aryl methyl sites for hydroxylation is 1. The van der Waals surface area contributed by atoms with E-state index in [0.717, 1.165) is 6.54 Å². The first-order valence-corrected chi connectivity index (χ1v) is 5.39. The van der Waals surface area contributed by atoms with E-state index in [1.807, 2.05) is 0 Å². The zero-order valence-electron chi connectivity index (χ0n) is 9.92. The van der Waals surface area contributed by atoms with Gasteiger partial charge in [-0.3, -0.25) is 15.1 Å². The molecule has 98 valence electrons. The summed E-state index contributed by atoms with van der Waals surface area (Å²) in [5.74, 6) is 0.624. The minimum absolute atomic E-state index is 0. The number of nitrogens with one attached hydrogen (secondary N) is 1. The molecule has 0 bridgehead atoms. The summed E-state index contributed by atoms with van der Waals surface area (Å²) in [5.41, 5.74) is 7.21. The molecule has 0 saturated carbocycles. The summed E-state index contributed by atoms with van der Waals surface area (Å²) >= 11 is 0. The Labute approximate surface area is 111 Å². The van der Waals surface area contributed by atoms with Crippen molar-refractivity contribution in [2.75, 3.05) is 13.1 Å². The number of hydrogen-bond acceptors (Lipinski definition) is 5. The molecular weight excluding hydrogens is 256 g/mol. The molecule has 1 aliphatic heterocycles. The quantitative estimate of drug-likeness (QED) is 0.640. The second-order valence-corrected chi connectivity index (χ2v) is 3.94. The molecule has 1 aromatic carbocycles. The van der Waals surface area contributed by atoms with Crippen molar-refractivity contribution in [1.29, 1.82) is 0 Å². The van der Waals surface area contributed by atoms with Crippen molar-refractivity contribution in [1.82, 2.24) is 5.32 Å². The number of halogens is 1. The smallest absolute Gasteiger partial charge is 0.277 e. The Morgan fingerprint density at radius 2 is 2.28 bits per heavy atom. The molecule has 1 atom stereocenters. The molecule has 1 aromatic rings. The first-order chi connectivity index (χ1) is 8.11. The van der Waals surface area contributed by atoms with E-state index in [-0.39, 0.29) is 23.0 Å². The molecule has 3 N–H and O–H groups in total. The number of nitro groups is 1. The van der Waals surface area contributed by atoms with Gasteiger partial charge in [-0.2, -0.15) is 0 Å². The van der Waals surface area contributed by atoms with Crippen LogP contribution in [0.2, 0.25) is 0 Å². The van der Waals surface area contributed by atoms with Crippen molar-refractivity contribution in [2.24, 2.45) is 10.7 Å². The lowest BCUT2D eigenvalue weighted by Crippen LogP contribution is -2.31. The molecule has 0 spiro atoms. The second kappa shape index (κ2) is 5.79. The van der Waals surface area contributed by atoms with E-state index < -0.39 is 6.04 Å². The van der Waals surface area contributed by atoms with E-state index in [0.29, 0.717) is 23.5 Å². The minimum atomic E-state index is -0.558. The predicted octanol–water partition coefficient (Wildman–Crippen LogP) is 1.33. The lowest BCUT2D eigenvalue weighted by molar-refractivity contribution is -0.386. The fourth-order valence-electron chi connectivity index (χ4n) is 1.95. The van der Waals surface area contributed by atoms with E-state index in [1.54, 1.807) is 25.1 Å². The number of amidine groups is 1. The first-order valence-electron chi connectivity index (χ1n) is 5.39. The van der Waals surface area contributed by atoms with Crippen LogP contribution in [0.1, 0.15) is 17.2 Å². The third-order valence-electron chi connectivity index (χ3n) is 2.78. The zero-order chi connectivity index (χ0) is 12.4. The number of rotatable bonds is 3. The highest BCUT2D eigenvalue weighted by atomic mass is 35.5. The summed E-state index contributed by atoms with van der Waals surface area (Å²) in [7, 11) is 0. The van der Waals surface area contributed by atoms with Gasteiger partial charge in [0.2, 0.25) is 0 Å². The van der Waals surface area contributed by atoms with Crippen LogP contribution >= 0.6 is 12.4 Å². The monoisotopic (exact) mass is 270 g/mol. The van der Waals surface area contributed by atoms with Gasteiger partial charge >= 0.3 is 0 Å². The zero-order valence-corrected chi connectivity index (χ0v) is 10.7. The highest BCUT2D eigenvalue weighted by molar-refractivity contribution is 5.90. The van der Waals surface area contributed by atoms with Crippen molar-refractivity contribution < 1.29 is 4.92 Å². The summed E-state index contributed by atoms with van der Waals surface area (Å²) in [4.78, 5) is 14.9. The first kappa shape index (κ1) is 14.4.